The molecule has 0 N–H and O–H groups in total. The van der Waals surface area contributed by atoms with E-state index < -0.39 is 0 Å². The first kappa shape index (κ1) is 18.1. The van der Waals surface area contributed by atoms with Crippen LogP contribution in [0.3, 0.4) is 0 Å². The molecule has 3 heterocycles. The van der Waals surface area contributed by atoms with Crippen LogP contribution < -0.4 is 0 Å². The van der Waals surface area contributed by atoms with Gasteiger partial charge in [0.05, 0.1) is 25.1 Å². The molecule has 1 amide bonds. The lowest BCUT2D eigenvalue weighted by Crippen LogP contribution is -2.30. The number of fused-ring (bicyclic) bond motifs is 1. The molecule has 0 aliphatic heterocycles. The number of carbonyl (C=O) groups is 1. The monoisotopic (exact) mass is 357 g/mol. The van der Waals surface area contributed by atoms with Crippen molar-refractivity contribution in [2.45, 2.75) is 6.54 Å². The molecule has 0 atom stereocenters. The van der Waals surface area contributed by atoms with Crippen LogP contribution in [0.1, 0.15) is 10.5 Å². The van der Waals surface area contributed by atoms with Gasteiger partial charge < -0.3 is 18.9 Å². The summed E-state index contributed by atoms with van der Waals surface area (Å²) in [6.07, 6.45) is 5.53. The molecule has 0 aliphatic carbocycles. The second-order valence-electron chi connectivity index (χ2n) is 5.95. The number of carbonyl (C=O) groups excluding carboxylic acids is 1. The van der Waals surface area contributed by atoms with Gasteiger partial charge in [0.1, 0.15) is 5.69 Å². The van der Waals surface area contributed by atoms with Crippen LogP contribution in [0.4, 0.5) is 0 Å². The normalized spacial score (nSPS) is 11.2. The lowest BCUT2D eigenvalue weighted by atomic mass is 10.3. The minimum atomic E-state index is -0.143. The van der Waals surface area contributed by atoms with E-state index in [1.807, 2.05) is 39.6 Å². The Hall–Kier alpha value is -2.71. The Bertz CT molecular complexity index is 886. The maximum atomic E-state index is 12.8. The van der Waals surface area contributed by atoms with Gasteiger partial charge in [0.15, 0.2) is 11.5 Å². The van der Waals surface area contributed by atoms with E-state index in [1.165, 1.54) is 0 Å². The molecule has 138 valence electrons. The van der Waals surface area contributed by atoms with Gasteiger partial charge >= 0.3 is 0 Å². The molecule has 0 saturated heterocycles. The summed E-state index contributed by atoms with van der Waals surface area (Å²) < 4.78 is 14.0. The van der Waals surface area contributed by atoms with Crippen molar-refractivity contribution >= 4 is 11.4 Å². The Labute approximate surface area is 152 Å². The highest BCUT2D eigenvalue weighted by Crippen LogP contribution is 2.22. The van der Waals surface area contributed by atoms with Crippen LogP contribution in [0, 0.1) is 0 Å². The van der Waals surface area contributed by atoms with Crippen LogP contribution in [-0.2, 0) is 16.0 Å². The van der Waals surface area contributed by atoms with Gasteiger partial charge in [-0.05, 0) is 12.1 Å². The van der Waals surface area contributed by atoms with Gasteiger partial charge in [0, 0.05) is 46.8 Å². The number of likely N-dealkylation sites (N-methyl/N-ethyl adjacent to an activating group) is 1. The maximum Gasteiger partial charge on any atom is 0.274 e. The van der Waals surface area contributed by atoms with Crippen molar-refractivity contribution in [3.05, 3.63) is 42.6 Å². The topological polar surface area (TPSA) is 73.9 Å². The Morgan fingerprint density at radius 1 is 1.23 bits per heavy atom. The van der Waals surface area contributed by atoms with E-state index in [1.54, 1.807) is 32.5 Å². The summed E-state index contributed by atoms with van der Waals surface area (Å²) in [6.45, 7) is 2.29. The summed E-state index contributed by atoms with van der Waals surface area (Å²) in [5.41, 5.74) is 1.87. The summed E-state index contributed by atoms with van der Waals surface area (Å²) in [7, 11) is 5.02. The number of ether oxygens (including phenoxy) is 2. The van der Waals surface area contributed by atoms with E-state index in [0.29, 0.717) is 43.5 Å². The summed E-state index contributed by atoms with van der Waals surface area (Å²) in [5, 5.41) is 0. The fourth-order valence-electron chi connectivity index (χ4n) is 2.68. The van der Waals surface area contributed by atoms with E-state index in [0.717, 1.165) is 5.52 Å². The molecule has 0 aromatic carbocycles. The van der Waals surface area contributed by atoms with Crippen LogP contribution in [0.25, 0.3) is 17.0 Å². The smallest absolute Gasteiger partial charge is 0.274 e. The predicted octanol–water partition coefficient (Wildman–Crippen LogP) is 1.56. The number of aromatic nitrogens is 4. The number of imidazole rings is 2. The molecule has 0 saturated carbocycles. The highest BCUT2D eigenvalue weighted by molar-refractivity contribution is 5.99. The van der Waals surface area contributed by atoms with Crippen molar-refractivity contribution in [2.24, 2.45) is 0 Å². The van der Waals surface area contributed by atoms with Crippen molar-refractivity contribution in [3.8, 4) is 11.5 Å². The van der Waals surface area contributed by atoms with Crippen LogP contribution in [0.2, 0.25) is 0 Å². The third kappa shape index (κ3) is 3.61. The summed E-state index contributed by atoms with van der Waals surface area (Å²) in [6, 6.07) is 5.68. The van der Waals surface area contributed by atoms with Crippen molar-refractivity contribution in [1.29, 1.82) is 0 Å². The molecule has 0 bridgehead atoms. The van der Waals surface area contributed by atoms with E-state index in [4.69, 9.17) is 9.47 Å². The Morgan fingerprint density at radius 2 is 2.04 bits per heavy atom. The first-order chi connectivity index (χ1) is 12.7. The third-order valence-corrected chi connectivity index (χ3v) is 4.14. The molecule has 26 heavy (non-hydrogen) atoms. The predicted molar refractivity (Wildman–Crippen MR) is 97.1 cm³/mol. The number of nitrogens with zero attached hydrogens (tertiary/aromatic N) is 5. The Balaban J connectivity index is 1.97. The molecule has 0 aliphatic rings. The minimum Gasteiger partial charge on any atom is -0.383 e. The number of hydrogen-bond acceptors (Lipinski definition) is 5. The van der Waals surface area contributed by atoms with Gasteiger partial charge in [0.25, 0.3) is 5.91 Å². The standard InChI is InChI=1S/C18H23N5O3/c1-21(8-10-25-2)18(24)16-15-6-4-5-7-23(15)17(20-16)14-12-22(13-19-14)9-11-26-3/h4-7,12-13H,8-11H2,1-3H3. The quantitative estimate of drug-likeness (QED) is 0.612. The molecule has 8 nitrogen and oxygen atoms in total. The fourth-order valence-corrected chi connectivity index (χ4v) is 2.68. The zero-order valence-corrected chi connectivity index (χ0v) is 15.3. The van der Waals surface area contributed by atoms with Gasteiger partial charge in [-0.1, -0.05) is 6.07 Å². The zero-order chi connectivity index (χ0) is 18.5. The largest absolute Gasteiger partial charge is 0.383 e. The van der Waals surface area contributed by atoms with Crippen molar-refractivity contribution < 1.29 is 14.3 Å². The molecule has 3 aromatic heterocycles. The van der Waals surface area contributed by atoms with Crippen LogP contribution in [-0.4, -0.2) is 70.8 Å². The lowest BCUT2D eigenvalue weighted by molar-refractivity contribution is 0.0741. The Kier molecular flexibility index (Phi) is 5.65. The molecular weight excluding hydrogens is 334 g/mol. The summed E-state index contributed by atoms with van der Waals surface area (Å²) in [5.74, 6) is 0.496. The SMILES string of the molecule is COCCN(C)C(=O)c1nc(-c2cn(CCOC)cn2)n2ccccc12. The number of pyridine rings is 1. The molecule has 0 unspecified atom stereocenters. The van der Waals surface area contributed by atoms with Gasteiger partial charge in [-0.25, -0.2) is 9.97 Å². The van der Waals surface area contributed by atoms with Crippen LogP contribution >= 0.6 is 0 Å². The van der Waals surface area contributed by atoms with Crippen LogP contribution in [0.15, 0.2) is 36.9 Å². The molecule has 0 spiro atoms. The van der Waals surface area contributed by atoms with Crippen LogP contribution in [0.5, 0.6) is 0 Å². The van der Waals surface area contributed by atoms with Gasteiger partial charge in [-0.2, -0.15) is 0 Å². The maximum absolute atomic E-state index is 12.8. The highest BCUT2D eigenvalue weighted by Gasteiger charge is 2.22. The highest BCUT2D eigenvalue weighted by atomic mass is 16.5. The van der Waals surface area contributed by atoms with Gasteiger partial charge in [0.2, 0.25) is 0 Å². The summed E-state index contributed by atoms with van der Waals surface area (Å²) >= 11 is 0. The summed E-state index contributed by atoms with van der Waals surface area (Å²) in [4.78, 5) is 23.5. The zero-order valence-electron chi connectivity index (χ0n) is 15.3. The van der Waals surface area contributed by atoms with Gasteiger partial charge in [-0.3, -0.25) is 9.20 Å². The second kappa shape index (κ2) is 8.11. The molecule has 0 radical (unpaired) electrons. The van der Waals surface area contributed by atoms with E-state index in [2.05, 4.69) is 9.97 Å². The number of rotatable bonds is 8. The van der Waals surface area contributed by atoms with Crippen molar-refractivity contribution in [3.63, 3.8) is 0 Å². The van der Waals surface area contributed by atoms with Crippen molar-refractivity contribution in [1.82, 2.24) is 23.8 Å². The lowest BCUT2D eigenvalue weighted by Gasteiger charge is -2.15. The van der Waals surface area contributed by atoms with E-state index in [-0.39, 0.29) is 5.91 Å². The first-order valence-electron chi connectivity index (χ1n) is 8.38. The van der Waals surface area contributed by atoms with Crippen molar-refractivity contribution in [2.75, 3.05) is 41.0 Å². The number of hydrogen-bond donors (Lipinski definition) is 0. The second-order valence-corrected chi connectivity index (χ2v) is 5.95. The molecular formula is C18H23N5O3. The fraction of sp³-hybridized carbons (Fsp3) is 0.389. The molecule has 3 rings (SSSR count). The minimum absolute atomic E-state index is 0.143. The van der Waals surface area contributed by atoms with E-state index >= 15 is 0 Å². The number of amides is 1. The first-order valence-corrected chi connectivity index (χ1v) is 8.38. The average Bonchev–Trinajstić information content (AvgIpc) is 3.28. The number of methoxy groups -OCH3 is 2. The molecule has 3 aromatic rings. The van der Waals surface area contributed by atoms with E-state index in [9.17, 15) is 4.79 Å². The average molecular weight is 357 g/mol. The third-order valence-electron chi connectivity index (χ3n) is 4.14. The van der Waals surface area contributed by atoms with Gasteiger partial charge in [-0.15, -0.1) is 0 Å². The molecule has 8 heteroatoms. The molecule has 0 fully saturated rings. The Morgan fingerprint density at radius 3 is 2.81 bits per heavy atom.